The quantitative estimate of drug-likeness (QED) is 0.771. The van der Waals surface area contributed by atoms with Gasteiger partial charge in [-0.05, 0) is 17.7 Å². The molecule has 0 fully saturated rings. The Hall–Kier alpha value is -1.88. The van der Waals surface area contributed by atoms with Crippen LogP contribution in [0.3, 0.4) is 0 Å². The van der Waals surface area contributed by atoms with Crippen molar-refractivity contribution in [3.63, 3.8) is 0 Å². The highest BCUT2D eigenvalue weighted by Crippen LogP contribution is 2.20. The molecule has 1 unspecified atom stereocenters. The highest BCUT2D eigenvalue weighted by Gasteiger charge is 2.15. The van der Waals surface area contributed by atoms with Crippen molar-refractivity contribution in [3.05, 3.63) is 29.7 Å². The van der Waals surface area contributed by atoms with Crippen molar-refractivity contribution in [3.8, 4) is 0 Å². The van der Waals surface area contributed by atoms with E-state index in [2.05, 4.69) is 4.98 Å². The van der Waals surface area contributed by atoms with E-state index in [1.165, 1.54) is 0 Å². The molecule has 2 rings (SSSR count). The molecule has 15 heavy (non-hydrogen) atoms. The monoisotopic (exact) mass is 206 g/mol. The van der Waals surface area contributed by atoms with Crippen LogP contribution in [0.4, 0.5) is 0 Å². The number of nitrogens with two attached hydrogens (primary N) is 1. The third-order valence-corrected chi connectivity index (χ3v) is 2.14. The molecule has 1 heterocycles. The van der Waals surface area contributed by atoms with Gasteiger partial charge in [0.1, 0.15) is 11.6 Å². The number of rotatable bonds is 2. The minimum atomic E-state index is -1.06. The maximum atomic E-state index is 10.7. The first kappa shape index (κ1) is 9.67. The van der Waals surface area contributed by atoms with Crippen LogP contribution in [0, 0.1) is 6.92 Å². The number of fused-ring (bicyclic) bond motifs is 1. The number of aryl methyl sites for hydroxylation is 1. The molecule has 2 aromatic rings. The molecule has 78 valence electrons. The van der Waals surface area contributed by atoms with Gasteiger partial charge in [-0.25, -0.2) is 4.98 Å². The van der Waals surface area contributed by atoms with Crippen LogP contribution >= 0.6 is 0 Å². The van der Waals surface area contributed by atoms with Gasteiger partial charge in [0.05, 0.1) is 0 Å². The number of nitrogens with zero attached hydrogens (tertiary/aromatic N) is 1. The fourth-order valence-electron chi connectivity index (χ4n) is 1.39. The lowest BCUT2D eigenvalue weighted by Gasteiger charge is -2.05. The number of hydrogen-bond acceptors (Lipinski definition) is 4. The second-order valence-corrected chi connectivity index (χ2v) is 3.28. The van der Waals surface area contributed by atoms with Crippen LogP contribution in [0.25, 0.3) is 11.1 Å². The lowest BCUT2D eigenvalue weighted by Crippen LogP contribution is -2.20. The Morgan fingerprint density at radius 1 is 1.60 bits per heavy atom. The summed E-state index contributed by atoms with van der Waals surface area (Å²) in [5, 5.41) is 8.74. The van der Waals surface area contributed by atoms with Gasteiger partial charge in [-0.2, -0.15) is 0 Å². The van der Waals surface area contributed by atoms with Gasteiger partial charge in [-0.3, -0.25) is 4.79 Å². The summed E-state index contributed by atoms with van der Waals surface area (Å²) < 4.78 is 5.28. The minimum absolute atomic E-state index is 0.506. The number of oxazole rings is 1. The van der Waals surface area contributed by atoms with E-state index >= 15 is 0 Å². The molecule has 0 aliphatic rings. The average molecular weight is 206 g/mol. The maximum absolute atomic E-state index is 10.7. The lowest BCUT2D eigenvalue weighted by atomic mass is 10.1. The van der Waals surface area contributed by atoms with Gasteiger partial charge >= 0.3 is 5.97 Å². The molecule has 1 aromatic carbocycles. The molecule has 0 bridgehead atoms. The van der Waals surface area contributed by atoms with Gasteiger partial charge in [0, 0.05) is 6.92 Å². The summed E-state index contributed by atoms with van der Waals surface area (Å²) in [5.74, 6) is -0.517. The molecule has 0 saturated heterocycles. The van der Waals surface area contributed by atoms with Crippen LogP contribution in [0.15, 0.2) is 22.6 Å². The van der Waals surface area contributed by atoms with Crippen molar-refractivity contribution >= 4 is 17.1 Å². The van der Waals surface area contributed by atoms with Crippen LogP contribution < -0.4 is 5.73 Å². The first-order valence-corrected chi connectivity index (χ1v) is 4.43. The van der Waals surface area contributed by atoms with E-state index in [-0.39, 0.29) is 0 Å². The average Bonchev–Trinajstić information content (AvgIpc) is 2.55. The Balaban J connectivity index is 2.50. The summed E-state index contributed by atoms with van der Waals surface area (Å²) >= 11 is 0. The zero-order valence-corrected chi connectivity index (χ0v) is 8.10. The van der Waals surface area contributed by atoms with Crippen molar-refractivity contribution in [1.29, 1.82) is 0 Å². The van der Waals surface area contributed by atoms with Crippen molar-refractivity contribution in [2.75, 3.05) is 0 Å². The number of carbonyl (C=O) groups is 1. The standard InChI is InChI=1S/C10H10N2O3/c1-5-12-7-3-2-6(4-8(7)15-5)9(11)10(13)14/h2-4,9H,11H2,1H3,(H,13,14). The molecule has 5 nitrogen and oxygen atoms in total. The van der Waals surface area contributed by atoms with Gasteiger partial charge in [-0.15, -0.1) is 0 Å². The fourth-order valence-corrected chi connectivity index (χ4v) is 1.39. The molecule has 3 N–H and O–H groups in total. The molecule has 1 aromatic heterocycles. The van der Waals surface area contributed by atoms with E-state index in [9.17, 15) is 4.79 Å². The molecule has 1 atom stereocenters. The van der Waals surface area contributed by atoms with Crippen LogP contribution in [0.2, 0.25) is 0 Å². The Morgan fingerprint density at radius 3 is 3.00 bits per heavy atom. The number of carboxylic acids is 1. The Morgan fingerprint density at radius 2 is 2.33 bits per heavy atom. The third-order valence-electron chi connectivity index (χ3n) is 2.14. The van der Waals surface area contributed by atoms with Crippen LogP contribution in [0.1, 0.15) is 17.5 Å². The van der Waals surface area contributed by atoms with Gasteiger partial charge in [0.15, 0.2) is 11.5 Å². The highest BCUT2D eigenvalue weighted by atomic mass is 16.4. The smallest absolute Gasteiger partial charge is 0.325 e. The number of benzene rings is 1. The molecular formula is C10H10N2O3. The second kappa shape index (κ2) is 3.36. The number of hydrogen-bond donors (Lipinski definition) is 2. The van der Waals surface area contributed by atoms with Crippen LogP contribution in [0.5, 0.6) is 0 Å². The summed E-state index contributed by atoms with van der Waals surface area (Å²) in [6.45, 7) is 1.73. The predicted octanol–water partition coefficient (Wildman–Crippen LogP) is 1.22. The van der Waals surface area contributed by atoms with Crippen molar-refractivity contribution in [2.45, 2.75) is 13.0 Å². The Bertz CT molecular complexity index is 518. The molecular weight excluding hydrogens is 196 g/mol. The topological polar surface area (TPSA) is 89.3 Å². The second-order valence-electron chi connectivity index (χ2n) is 3.28. The molecule has 0 spiro atoms. The third kappa shape index (κ3) is 1.69. The van der Waals surface area contributed by atoms with Gasteiger partial charge in [0.25, 0.3) is 0 Å². The molecule has 0 aliphatic carbocycles. The number of carboxylic acid groups (broad SMARTS) is 1. The van der Waals surface area contributed by atoms with Gasteiger partial charge in [0.2, 0.25) is 0 Å². The Labute approximate surface area is 85.5 Å². The van der Waals surface area contributed by atoms with Gasteiger partial charge < -0.3 is 15.3 Å². The molecule has 5 heteroatoms. The Kier molecular flexibility index (Phi) is 2.17. The van der Waals surface area contributed by atoms with Crippen LogP contribution in [-0.4, -0.2) is 16.1 Å². The SMILES string of the molecule is Cc1nc2ccc(C(N)C(=O)O)cc2o1. The fraction of sp³-hybridized carbons (Fsp3) is 0.200. The maximum Gasteiger partial charge on any atom is 0.325 e. The molecule has 0 radical (unpaired) electrons. The summed E-state index contributed by atoms with van der Waals surface area (Å²) in [6.07, 6.45) is 0. The summed E-state index contributed by atoms with van der Waals surface area (Å²) in [4.78, 5) is 14.8. The van der Waals surface area contributed by atoms with E-state index in [1.807, 2.05) is 0 Å². The first-order valence-electron chi connectivity index (χ1n) is 4.43. The minimum Gasteiger partial charge on any atom is -0.480 e. The summed E-state index contributed by atoms with van der Waals surface area (Å²) in [5.41, 5.74) is 7.24. The molecule has 0 aliphatic heterocycles. The van der Waals surface area contributed by atoms with E-state index in [4.69, 9.17) is 15.3 Å². The van der Waals surface area contributed by atoms with Crippen LogP contribution in [-0.2, 0) is 4.79 Å². The first-order chi connectivity index (χ1) is 7.08. The predicted molar refractivity (Wildman–Crippen MR) is 53.3 cm³/mol. The van der Waals surface area contributed by atoms with Crippen molar-refractivity contribution in [2.24, 2.45) is 5.73 Å². The summed E-state index contributed by atoms with van der Waals surface area (Å²) in [6, 6.07) is 3.92. The normalized spacial score (nSPS) is 12.9. The molecule has 0 amide bonds. The van der Waals surface area contributed by atoms with E-state index < -0.39 is 12.0 Å². The lowest BCUT2D eigenvalue weighted by molar-refractivity contribution is -0.138. The number of aromatic nitrogens is 1. The van der Waals surface area contributed by atoms with E-state index in [1.54, 1.807) is 25.1 Å². The highest BCUT2D eigenvalue weighted by molar-refractivity contribution is 5.79. The molecule has 0 saturated carbocycles. The van der Waals surface area contributed by atoms with Crippen molar-refractivity contribution < 1.29 is 14.3 Å². The largest absolute Gasteiger partial charge is 0.480 e. The van der Waals surface area contributed by atoms with E-state index in [0.29, 0.717) is 22.6 Å². The zero-order chi connectivity index (χ0) is 11.0. The van der Waals surface area contributed by atoms with Gasteiger partial charge in [-0.1, -0.05) is 6.07 Å². The zero-order valence-electron chi connectivity index (χ0n) is 8.10. The summed E-state index contributed by atoms with van der Waals surface area (Å²) in [7, 11) is 0. The van der Waals surface area contributed by atoms with Crippen molar-refractivity contribution in [1.82, 2.24) is 4.98 Å². The van der Waals surface area contributed by atoms with E-state index in [0.717, 1.165) is 0 Å². The number of aliphatic carboxylic acids is 1.